The molecule has 0 saturated heterocycles. The summed E-state index contributed by atoms with van der Waals surface area (Å²) in [7, 11) is 3.94. The molecule has 2 aromatic carbocycles. The van der Waals surface area contributed by atoms with Crippen molar-refractivity contribution < 1.29 is 19.1 Å². The number of benzene rings is 2. The van der Waals surface area contributed by atoms with E-state index in [1.165, 1.54) is 0 Å². The number of aliphatic hydroxyl groups excluding tert-OH is 1. The van der Waals surface area contributed by atoms with Crippen LogP contribution in [0, 0.1) is 6.92 Å². The zero-order valence-corrected chi connectivity index (χ0v) is 18.0. The number of carbonyl (C=O) groups excluding carboxylic acids is 2. The number of para-hydroxylation sites is 1. The molecule has 6 heteroatoms. The van der Waals surface area contributed by atoms with E-state index in [0.717, 1.165) is 29.5 Å². The molecular weight excluding hydrogens is 392 g/mol. The van der Waals surface area contributed by atoms with Crippen LogP contribution in [0.5, 0.6) is 0 Å². The van der Waals surface area contributed by atoms with Crippen molar-refractivity contribution in [2.75, 3.05) is 27.2 Å². The number of ketones is 1. The van der Waals surface area contributed by atoms with Gasteiger partial charge in [0.1, 0.15) is 5.58 Å². The lowest BCUT2D eigenvalue weighted by atomic mass is 9.94. The summed E-state index contributed by atoms with van der Waals surface area (Å²) in [5, 5.41) is 11.6. The number of nitrogens with zero attached hydrogens (tertiary/aromatic N) is 2. The molecule has 1 N–H and O–H groups in total. The summed E-state index contributed by atoms with van der Waals surface area (Å²) < 4.78 is 5.75. The molecule has 160 valence electrons. The first-order valence-corrected chi connectivity index (χ1v) is 10.4. The van der Waals surface area contributed by atoms with E-state index >= 15 is 0 Å². The average Bonchev–Trinajstić information content (AvgIpc) is 3.28. The largest absolute Gasteiger partial charge is 0.503 e. The molecule has 0 saturated carbocycles. The predicted octanol–water partition coefficient (Wildman–Crippen LogP) is 4.27. The molecule has 0 radical (unpaired) electrons. The minimum absolute atomic E-state index is 0.0690. The molecule has 0 aliphatic carbocycles. The maximum absolute atomic E-state index is 13.5. The van der Waals surface area contributed by atoms with Crippen molar-refractivity contribution in [3.8, 4) is 0 Å². The molecule has 3 aromatic rings. The molecule has 0 spiro atoms. The van der Waals surface area contributed by atoms with Crippen molar-refractivity contribution in [1.82, 2.24) is 9.80 Å². The Balaban J connectivity index is 1.75. The van der Waals surface area contributed by atoms with Crippen LogP contribution in [-0.2, 0) is 4.79 Å². The summed E-state index contributed by atoms with van der Waals surface area (Å²) in [4.78, 5) is 30.1. The van der Waals surface area contributed by atoms with E-state index < -0.39 is 23.5 Å². The van der Waals surface area contributed by atoms with Crippen LogP contribution in [0.4, 0.5) is 0 Å². The smallest absolute Gasteiger partial charge is 0.290 e. The van der Waals surface area contributed by atoms with Gasteiger partial charge in [0, 0.05) is 11.9 Å². The van der Waals surface area contributed by atoms with Crippen LogP contribution in [0.2, 0.25) is 0 Å². The molecular formula is C25H26N2O4. The Morgan fingerprint density at radius 2 is 1.90 bits per heavy atom. The standard InChI is InChI=1S/C25H26N2O4/c1-16-8-6-10-18(14-16)22-21(24(29)25(30)27(22)13-7-12-26(2)3)23(28)20-15-17-9-4-5-11-19(17)31-20/h4-6,8-11,14-15,22,29H,7,12-13H2,1-3H3. The molecule has 1 amide bonds. The van der Waals surface area contributed by atoms with Crippen LogP contribution in [-0.4, -0.2) is 53.8 Å². The lowest BCUT2D eigenvalue weighted by Gasteiger charge is -2.27. The van der Waals surface area contributed by atoms with E-state index in [-0.39, 0.29) is 11.3 Å². The lowest BCUT2D eigenvalue weighted by molar-refractivity contribution is -0.129. The minimum atomic E-state index is -0.657. The van der Waals surface area contributed by atoms with Gasteiger partial charge in [0.25, 0.3) is 5.91 Å². The van der Waals surface area contributed by atoms with Gasteiger partial charge in [-0.1, -0.05) is 48.0 Å². The highest BCUT2D eigenvalue weighted by atomic mass is 16.3. The third-order valence-electron chi connectivity index (χ3n) is 5.56. The SMILES string of the molecule is Cc1cccc(C2C(C(=O)c3cc4ccccc4o3)=C(O)C(=O)N2CCCN(C)C)c1. The Bertz CT molecular complexity index is 1140. The van der Waals surface area contributed by atoms with Crippen LogP contribution in [0.15, 0.2) is 70.3 Å². The van der Waals surface area contributed by atoms with Gasteiger partial charge in [-0.05, 0) is 51.7 Å². The summed E-state index contributed by atoms with van der Waals surface area (Å²) in [5.41, 5.74) is 2.46. The Labute approximate surface area is 181 Å². The highest BCUT2D eigenvalue weighted by molar-refractivity contribution is 6.16. The third-order valence-corrected chi connectivity index (χ3v) is 5.56. The Hall–Kier alpha value is -3.38. The fourth-order valence-corrected chi connectivity index (χ4v) is 4.09. The van der Waals surface area contributed by atoms with Crippen LogP contribution in [0.3, 0.4) is 0 Å². The molecule has 1 aliphatic heterocycles. The van der Waals surface area contributed by atoms with Crippen molar-refractivity contribution in [2.45, 2.75) is 19.4 Å². The van der Waals surface area contributed by atoms with E-state index in [1.807, 2.05) is 68.4 Å². The van der Waals surface area contributed by atoms with Crippen molar-refractivity contribution in [1.29, 1.82) is 0 Å². The third kappa shape index (κ3) is 3.99. The topological polar surface area (TPSA) is 74.0 Å². The van der Waals surface area contributed by atoms with E-state index in [9.17, 15) is 14.7 Å². The van der Waals surface area contributed by atoms with Gasteiger partial charge in [-0.25, -0.2) is 0 Å². The summed E-state index contributed by atoms with van der Waals surface area (Å²) in [5.74, 6) is -1.38. The molecule has 1 unspecified atom stereocenters. The van der Waals surface area contributed by atoms with Crippen LogP contribution < -0.4 is 0 Å². The quantitative estimate of drug-likeness (QED) is 0.580. The number of aryl methyl sites for hydroxylation is 1. The fourth-order valence-electron chi connectivity index (χ4n) is 4.09. The van der Waals surface area contributed by atoms with Crippen LogP contribution in [0.1, 0.15) is 34.1 Å². The average molecular weight is 418 g/mol. The number of fused-ring (bicyclic) bond motifs is 1. The zero-order chi connectivity index (χ0) is 22.1. The maximum Gasteiger partial charge on any atom is 0.290 e. The first-order chi connectivity index (χ1) is 14.9. The summed E-state index contributed by atoms with van der Waals surface area (Å²) >= 11 is 0. The Morgan fingerprint density at radius 1 is 1.13 bits per heavy atom. The van der Waals surface area contributed by atoms with Gasteiger partial charge in [0.2, 0.25) is 5.78 Å². The summed E-state index contributed by atoms with van der Waals surface area (Å²) in [6, 6.07) is 16.0. The van der Waals surface area contributed by atoms with E-state index in [4.69, 9.17) is 4.42 Å². The van der Waals surface area contributed by atoms with E-state index in [2.05, 4.69) is 0 Å². The molecule has 0 bridgehead atoms. The zero-order valence-electron chi connectivity index (χ0n) is 18.0. The molecule has 2 heterocycles. The number of amides is 1. The fraction of sp³-hybridized carbons (Fsp3) is 0.280. The Morgan fingerprint density at radius 3 is 2.61 bits per heavy atom. The van der Waals surface area contributed by atoms with Crippen molar-refractivity contribution in [3.63, 3.8) is 0 Å². The van der Waals surface area contributed by atoms with Gasteiger partial charge >= 0.3 is 0 Å². The number of hydrogen-bond acceptors (Lipinski definition) is 5. The molecule has 4 rings (SSSR count). The molecule has 1 aromatic heterocycles. The highest BCUT2D eigenvalue weighted by Crippen LogP contribution is 2.39. The number of aliphatic hydroxyl groups is 1. The number of hydrogen-bond donors (Lipinski definition) is 1. The maximum atomic E-state index is 13.5. The van der Waals surface area contributed by atoms with E-state index in [1.54, 1.807) is 17.0 Å². The van der Waals surface area contributed by atoms with Gasteiger partial charge in [-0.15, -0.1) is 0 Å². The second-order valence-electron chi connectivity index (χ2n) is 8.21. The van der Waals surface area contributed by atoms with Crippen LogP contribution in [0.25, 0.3) is 11.0 Å². The molecule has 6 nitrogen and oxygen atoms in total. The minimum Gasteiger partial charge on any atom is -0.503 e. The Kier molecular flexibility index (Phi) is 5.65. The monoisotopic (exact) mass is 418 g/mol. The van der Waals surface area contributed by atoms with Gasteiger partial charge in [0.05, 0.1) is 11.6 Å². The summed E-state index contributed by atoms with van der Waals surface area (Å²) in [6.45, 7) is 3.18. The first-order valence-electron chi connectivity index (χ1n) is 10.4. The van der Waals surface area contributed by atoms with Gasteiger partial charge in [0.15, 0.2) is 11.5 Å². The molecule has 1 aliphatic rings. The van der Waals surface area contributed by atoms with Crippen molar-refractivity contribution in [3.05, 3.63) is 82.8 Å². The highest BCUT2D eigenvalue weighted by Gasteiger charge is 2.44. The molecule has 0 fully saturated rings. The molecule has 1 atom stereocenters. The number of rotatable bonds is 7. The lowest BCUT2D eigenvalue weighted by Crippen LogP contribution is -2.33. The number of carbonyl (C=O) groups is 2. The molecule has 31 heavy (non-hydrogen) atoms. The van der Waals surface area contributed by atoms with Gasteiger partial charge in [-0.2, -0.15) is 0 Å². The number of Topliss-reactive ketones (excluding diaryl/α,β-unsaturated/α-hetero) is 1. The van der Waals surface area contributed by atoms with Gasteiger partial charge < -0.3 is 19.3 Å². The summed E-state index contributed by atoms with van der Waals surface area (Å²) in [6.07, 6.45) is 0.723. The predicted molar refractivity (Wildman–Crippen MR) is 119 cm³/mol. The van der Waals surface area contributed by atoms with E-state index in [0.29, 0.717) is 12.1 Å². The number of furan rings is 1. The van der Waals surface area contributed by atoms with Crippen molar-refractivity contribution in [2.24, 2.45) is 0 Å². The van der Waals surface area contributed by atoms with Crippen LogP contribution >= 0.6 is 0 Å². The first kappa shape index (κ1) is 20.9. The second-order valence-corrected chi connectivity index (χ2v) is 8.21. The second kappa shape index (κ2) is 8.40. The normalized spacial score (nSPS) is 16.7. The van der Waals surface area contributed by atoms with Gasteiger partial charge in [-0.3, -0.25) is 9.59 Å². The van der Waals surface area contributed by atoms with Crippen molar-refractivity contribution >= 4 is 22.7 Å².